The number of benzene rings is 1. The number of halogens is 1. The zero-order valence-corrected chi connectivity index (χ0v) is 14.1. The van der Waals surface area contributed by atoms with Crippen LogP contribution >= 0.6 is 15.9 Å². The van der Waals surface area contributed by atoms with Gasteiger partial charge in [-0.15, -0.1) is 0 Å². The lowest BCUT2D eigenvalue weighted by Gasteiger charge is -2.36. The van der Waals surface area contributed by atoms with Gasteiger partial charge in [0.15, 0.2) is 0 Å². The van der Waals surface area contributed by atoms with Gasteiger partial charge in [-0.25, -0.2) is 0 Å². The normalized spacial score (nSPS) is 23.4. The molecule has 1 fully saturated rings. The summed E-state index contributed by atoms with van der Waals surface area (Å²) < 4.78 is 6.46. The molecule has 0 bridgehead atoms. The van der Waals surface area contributed by atoms with Gasteiger partial charge in [-0.05, 0) is 61.3 Å². The van der Waals surface area contributed by atoms with Crippen molar-refractivity contribution in [1.29, 1.82) is 0 Å². The quantitative estimate of drug-likeness (QED) is 0.546. The number of carbonyl (C=O) groups excluding carboxylic acids is 1. The van der Waals surface area contributed by atoms with E-state index in [0.29, 0.717) is 11.2 Å². The van der Waals surface area contributed by atoms with E-state index in [0.717, 1.165) is 36.1 Å². The largest absolute Gasteiger partial charge is 0.426 e. The molecular formula is C17H23BrO2. The first-order valence-corrected chi connectivity index (χ1v) is 8.13. The number of carbonyl (C=O) groups is 1. The lowest BCUT2D eigenvalue weighted by atomic mass is 9.70. The van der Waals surface area contributed by atoms with E-state index in [1.165, 1.54) is 0 Å². The maximum absolute atomic E-state index is 12.2. The van der Waals surface area contributed by atoms with Crippen LogP contribution in [0.15, 0.2) is 28.7 Å². The highest BCUT2D eigenvalue weighted by atomic mass is 79.9. The van der Waals surface area contributed by atoms with Crippen LogP contribution in [0.1, 0.15) is 46.5 Å². The van der Waals surface area contributed by atoms with Gasteiger partial charge in [0.1, 0.15) is 5.75 Å². The Bertz CT molecular complexity index is 451. The van der Waals surface area contributed by atoms with Crippen molar-refractivity contribution in [2.24, 2.45) is 17.3 Å². The first-order chi connectivity index (χ1) is 9.36. The van der Waals surface area contributed by atoms with Gasteiger partial charge in [-0.2, -0.15) is 0 Å². The SMILES string of the molecule is CC(C)(C)C1CCC(C(=O)Oc2ccc(Br)cc2)CC1. The first kappa shape index (κ1) is 15.6. The molecule has 0 unspecified atom stereocenters. The van der Waals surface area contributed by atoms with E-state index in [4.69, 9.17) is 4.74 Å². The van der Waals surface area contributed by atoms with Crippen LogP contribution in [0.4, 0.5) is 0 Å². The summed E-state index contributed by atoms with van der Waals surface area (Å²) in [6, 6.07) is 7.42. The summed E-state index contributed by atoms with van der Waals surface area (Å²) in [5.41, 5.74) is 0.348. The summed E-state index contributed by atoms with van der Waals surface area (Å²) in [7, 11) is 0. The van der Waals surface area contributed by atoms with Crippen molar-refractivity contribution in [3.05, 3.63) is 28.7 Å². The molecule has 0 saturated heterocycles. The standard InChI is InChI=1S/C17H23BrO2/c1-17(2,3)13-6-4-12(5-7-13)16(19)20-15-10-8-14(18)9-11-15/h8-13H,4-7H2,1-3H3. The van der Waals surface area contributed by atoms with Gasteiger partial charge in [0.05, 0.1) is 5.92 Å². The Hall–Kier alpha value is -0.830. The first-order valence-electron chi connectivity index (χ1n) is 7.33. The fourth-order valence-electron chi connectivity index (χ4n) is 2.90. The summed E-state index contributed by atoms with van der Waals surface area (Å²) in [6.07, 6.45) is 4.17. The van der Waals surface area contributed by atoms with E-state index in [-0.39, 0.29) is 11.9 Å². The van der Waals surface area contributed by atoms with Crippen LogP contribution in [-0.2, 0) is 4.79 Å². The molecule has 0 N–H and O–H groups in total. The van der Waals surface area contributed by atoms with Crippen LogP contribution in [0.25, 0.3) is 0 Å². The molecule has 20 heavy (non-hydrogen) atoms. The van der Waals surface area contributed by atoms with E-state index in [1.807, 2.05) is 24.3 Å². The highest BCUT2D eigenvalue weighted by molar-refractivity contribution is 9.10. The van der Waals surface area contributed by atoms with Gasteiger partial charge < -0.3 is 4.74 Å². The van der Waals surface area contributed by atoms with Crippen LogP contribution in [-0.4, -0.2) is 5.97 Å². The van der Waals surface area contributed by atoms with E-state index in [2.05, 4.69) is 36.7 Å². The minimum Gasteiger partial charge on any atom is -0.426 e. The lowest BCUT2D eigenvalue weighted by Crippen LogP contribution is -2.30. The number of hydrogen-bond donors (Lipinski definition) is 0. The average molecular weight is 339 g/mol. The predicted octanol–water partition coefficient (Wildman–Crippen LogP) is 5.21. The molecule has 110 valence electrons. The van der Waals surface area contributed by atoms with Crippen molar-refractivity contribution in [1.82, 2.24) is 0 Å². The number of ether oxygens (including phenoxy) is 1. The predicted molar refractivity (Wildman–Crippen MR) is 84.7 cm³/mol. The molecule has 1 aliphatic carbocycles. The molecule has 1 aromatic carbocycles. The molecule has 0 aliphatic heterocycles. The third-order valence-electron chi connectivity index (χ3n) is 4.32. The molecule has 1 saturated carbocycles. The van der Waals surface area contributed by atoms with E-state index in [9.17, 15) is 4.79 Å². The number of hydrogen-bond acceptors (Lipinski definition) is 2. The zero-order chi connectivity index (χ0) is 14.8. The van der Waals surface area contributed by atoms with Crippen LogP contribution in [0.2, 0.25) is 0 Å². The van der Waals surface area contributed by atoms with Crippen LogP contribution < -0.4 is 4.74 Å². The fourth-order valence-corrected chi connectivity index (χ4v) is 3.16. The third kappa shape index (κ3) is 4.08. The van der Waals surface area contributed by atoms with Gasteiger partial charge in [-0.3, -0.25) is 4.79 Å². The van der Waals surface area contributed by atoms with Crippen molar-refractivity contribution in [3.63, 3.8) is 0 Å². The Morgan fingerprint density at radius 2 is 1.65 bits per heavy atom. The molecule has 1 aliphatic rings. The molecule has 1 aromatic rings. The summed E-state index contributed by atoms with van der Waals surface area (Å²) >= 11 is 3.37. The maximum atomic E-state index is 12.2. The molecular weight excluding hydrogens is 316 g/mol. The van der Waals surface area contributed by atoms with Gasteiger partial charge >= 0.3 is 5.97 Å². The zero-order valence-electron chi connectivity index (χ0n) is 12.5. The third-order valence-corrected chi connectivity index (χ3v) is 4.85. The Morgan fingerprint density at radius 3 is 2.15 bits per heavy atom. The molecule has 0 amide bonds. The van der Waals surface area contributed by atoms with E-state index < -0.39 is 0 Å². The molecule has 3 heteroatoms. The minimum absolute atomic E-state index is 0.0669. The average Bonchev–Trinajstić information content (AvgIpc) is 2.40. The maximum Gasteiger partial charge on any atom is 0.314 e. The van der Waals surface area contributed by atoms with Crippen LogP contribution in [0.5, 0.6) is 5.75 Å². The summed E-state index contributed by atoms with van der Waals surface area (Å²) in [4.78, 5) is 12.2. The van der Waals surface area contributed by atoms with Gasteiger partial charge in [0.25, 0.3) is 0 Å². The van der Waals surface area contributed by atoms with Gasteiger partial charge in [-0.1, -0.05) is 36.7 Å². The number of esters is 1. The molecule has 0 heterocycles. The number of rotatable bonds is 2. The van der Waals surface area contributed by atoms with Crippen LogP contribution in [0, 0.1) is 17.3 Å². The van der Waals surface area contributed by atoms with Gasteiger partial charge in [0, 0.05) is 4.47 Å². The van der Waals surface area contributed by atoms with Crippen molar-refractivity contribution >= 4 is 21.9 Å². The highest BCUT2D eigenvalue weighted by Gasteiger charge is 2.33. The van der Waals surface area contributed by atoms with Crippen molar-refractivity contribution < 1.29 is 9.53 Å². The van der Waals surface area contributed by atoms with Crippen molar-refractivity contribution in [2.45, 2.75) is 46.5 Å². The fraction of sp³-hybridized carbons (Fsp3) is 0.588. The molecule has 0 spiro atoms. The van der Waals surface area contributed by atoms with Crippen LogP contribution in [0.3, 0.4) is 0 Å². The minimum atomic E-state index is -0.0697. The second-order valence-corrected chi connectivity index (χ2v) is 7.71. The summed E-state index contributed by atoms with van der Waals surface area (Å²) in [6.45, 7) is 6.87. The second kappa shape index (κ2) is 6.30. The second-order valence-electron chi connectivity index (χ2n) is 6.79. The van der Waals surface area contributed by atoms with Gasteiger partial charge in [0.2, 0.25) is 0 Å². The molecule has 2 rings (SSSR count). The Balaban J connectivity index is 1.87. The topological polar surface area (TPSA) is 26.3 Å². The Kier molecular flexibility index (Phi) is 4.90. The summed E-state index contributed by atoms with van der Waals surface area (Å²) in [5, 5.41) is 0. The monoisotopic (exact) mass is 338 g/mol. The van der Waals surface area contributed by atoms with E-state index >= 15 is 0 Å². The molecule has 0 radical (unpaired) electrons. The lowest BCUT2D eigenvalue weighted by molar-refractivity contribution is -0.140. The molecule has 0 aromatic heterocycles. The molecule has 0 atom stereocenters. The smallest absolute Gasteiger partial charge is 0.314 e. The molecule has 2 nitrogen and oxygen atoms in total. The Labute approximate surface area is 130 Å². The Morgan fingerprint density at radius 1 is 1.10 bits per heavy atom. The van der Waals surface area contributed by atoms with Crippen molar-refractivity contribution in [2.75, 3.05) is 0 Å². The highest BCUT2D eigenvalue weighted by Crippen LogP contribution is 2.40. The summed E-state index contributed by atoms with van der Waals surface area (Å²) in [5.74, 6) is 1.35. The van der Waals surface area contributed by atoms with E-state index in [1.54, 1.807) is 0 Å². The van der Waals surface area contributed by atoms with Crippen molar-refractivity contribution in [3.8, 4) is 5.75 Å².